The molecule has 1 heterocycles. The molecule has 0 radical (unpaired) electrons. The first kappa shape index (κ1) is 14.0. The molecule has 5 nitrogen and oxygen atoms in total. The van der Waals surface area contributed by atoms with Gasteiger partial charge in [-0.1, -0.05) is 0 Å². The predicted octanol–water partition coefficient (Wildman–Crippen LogP) is 2.60. The van der Waals surface area contributed by atoms with Gasteiger partial charge in [-0.05, 0) is 30.7 Å². The number of hydrogen-bond donors (Lipinski definition) is 2. The van der Waals surface area contributed by atoms with Gasteiger partial charge in [0.05, 0.1) is 19.9 Å². The van der Waals surface area contributed by atoms with Crippen LogP contribution in [0.3, 0.4) is 0 Å². The first-order valence-electron chi connectivity index (χ1n) is 6.31. The van der Waals surface area contributed by atoms with Crippen LogP contribution in [-0.2, 0) is 6.54 Å². The topological polar surface area (TPSA) is 69.4 Å². The number of methoxy groups -OCH3 is 2. The molecule has 0 fully saturated rings. The number of anilines is 2. The summed E-state index contributed by atoms with van der Waals surface area (Å²) in [6, 6.07) is 7.59. The number of benzene rings is 1. The molecule has 0 saturated carbocycles. The summed E-state index contributed by atoms with van der Waals surface area (Å²) >= 11 is 0. The van der Waals surface area contributed by atoms with E-state index in [1.807, 2.05) is 31.2 Å². The molecule has 0 bridgehead atoms. The van der Waals surface area contributed by atoms with Crippen molar-refractivity contribution in [3.8, 4) is 11.5 Å². The summed E-state index contributed by atoms with van der Waals surface area (Å²) in [5.41, 5.74) is 8.67. The van der Waals surface area contributed by atoms with E-state index in [0.29, 0.717) is 18.1 Å². The second kappa shape index (κ2) is 6.14. The lowest BCUT2D eigenvalue weighted by Crippen LogP contribution is -2.06. The number of ether oxygens (including phenoxy) is 2. The summed E-state index contributed by atoms with van der Waals surface area (Å²) < 4.78 is 10.5. The average Bonchev–Trinajstić information content (AvgIpc) is 2.48. The molecule has 2 aromatic rings. The zero-order valence-corrected chi connectivity index (χ0v) is 11.9. The zero-order valence-electron chi connectivity index (χ0n) is 11.9. The highest BCUT2D eigenvalue weighted by atomic mass is 16.5. The summed E-state index contributed by atoms with van der Waals surface area (Å²) in [5.74, 6) is 2.21. The molecule has 0 aliphatic rings. The first-order valence-corrected chi connectivity index (χ1v) is 6.31. The molecule has 20 heavy (non-hydrogen) atoms. The maximum Gasteiger partial charge on any atom is 0.149 e. The van der Waals surface area contributed by atoms with Crippen LogP contribution in [0.1, 0.15) is 11.1 Å². The van der Waals surface area contributed by atoms with Gasteiger partial charge in [0.25, 0.3) is 0 Å². The van der Waals surface area contributed by atoms with E-state index in [2.05, 4.69) is 10.3 Å². The van der Waals surface area contributed by atoms with Crippen LogP contribution >= 0.6 is 0 Å². The standard InChI is InChI=1S/C15H19N3O2/c1-10-6-7-17-15(14(10)16)18-9-11-4-5-12(19-2)8-13(11)20-3/h4-8H,9,16H2,1-3H3,(H,17,18). The summed E-state index contributed by atoms with van der Waals surface area (Å²) in [7, 11) is 3.27. The van der Waals surface area contributed by atoms with Crippen LogP contribution in [0, 0.1) is 6.92 Å². The van der Waals surface area contributed by atoms with E-state index in [0.717, 1.165) is 22.6 Å². The third kappa shape index (κ3) is 2.93. The van der Waals surface area contributed by atoms with Crippen molar-refractivity contribution in [2.45, 2.75) is 13.5 Å². The number of nitrogens with zero attached hydrogens (tertiary/aromatic N) is 1. The number of pyridine rings is 1. The van der Waals surface area contributed by atoms with E-state index in [4.69, 9.17) is 15.2 Å². The fourth-order valence-electron chi connectivity index (χ4n) is 1.89. The number of nitrogen functional groups attached to an aromatic ring is 1. The van der Waals surface area contributed by atoms with Crippen molar-refractivity contribution >= 4 is 11.5 Å². The average molecular weight is 273 g/mol. The van der Waals surface area contributed by atoms with E-state index in [-0.39, 0.29) is 0 Å². The molecule has 106 valence electrons. The van der Waals surface area contributed by atoms with Crippen LogP contribution in [0.2, 0.25) is 0 Å². The van der Waals surface area contributed by atoms with Crippen LogP contribution in [-0.4, -0.2) is 19.2 Å². The highest BCUT2D eigenvalue weighted by Gasteiger charge is 2.07. The lowest BCUT2D eigenvalue weighted by molar-refractivity contribution is 0.391. The minimum absolute atomic E-state index is 0.577. The number of rotatable bonds is 5. The number of nitrogens with two attached hydrogens (primary N) is 1. The van der Waals surface area contributed by atoms with Gasteiger partial charge < -0.3 is 20.5 Å². The fourth-order valence-corrected chi connectivity index (χ4v) is 1.89. The normalized spacial score (nSPS) is 10.2. The molecule has 2 rings (SSSR count). The van der Waals surface area contributed by atoms with Gasteiger partial charge in [-0.15, -0.1) is 0 Å². The van der Waals surface area contributed by atoms with E-state index < -0.39 is 0 Å². The van der Waals surface area contributed by atoms with E-state index in [1.165, 1.54) is 0 Å². The van der Waals surface area contributed by atoms with E-state index in [1.54, 1.807) is 20.4 Å². The number of aryl methyl sites for hydroxylation is 1. The summed E-state index contributed by atoms with van der Waals surface area (Å²) in [5, 5.41) is 3.23. The van der Waals surface area contributed by atoms with Crippen LogP contribution in [0.15, 0.2) is 30.5 Å². The summed E-state index contributed by atoms with van der Waals surface area (Å²) in [6.07, 6.45) is 1.74. The Morgan fingerprint density at radius 1 is 1.20 bits per heavy atom. The third-order valence-corrected chi connectivity index (χ3v) is 3.15. The SMILES string of the molecule is COc1ccc(CNc2nccc(C)c2N)c(OC)c1. The highest BCUT2D eigenvalue weighted by Crippen LogP contribution is 2.26. The smallest absolute Gasteiger partial charge is 0.149 e. The number of aromatic nitrogens is 1. The first-order chi connectivity index (χ1) is 9.65. The van der Waals surface area contributed by atoms with Crippen LogP contribution in [0.4, 0.5) is 11.5 Å². The molecule has 3 N–H and O–H groups in total. The largest absolute Gasteiger partial charge is 0.497 e. The van der Waals surface area contributed by atoms with Crippen LogP contribution in [0.25, 0.3) is 0 Å². The molecule has 5 heteroatoms. The maximum atomic E-state index is 5.99. The van der Waals surface area contributed by atoms with Gasteiger partial charge in [-0.2, -0.15) is 0 Å². The summed E-state index contributed by atoms with van der Waals surface area (Å²) in [6.45, 7) is 2.53. The second-order valence-corrected chi connectivity index (χ2v) is 4.42. The van der Waals surface area contributed by atoms with Crippen molar-refractivity contribution in [2.24, 2.45) is 0 Å². The van der Waals surface area contributed by atoms with Crippen molar-refractivity contribution in [3.63, 3.8) is 0 Å². The molecular formula is C15H19N3O2. The van der Waals surface area contributed by atoms with Crippen molar-refractivity contribution in [1.29, 1.82) is 0 Å². The maximum absolute atomic E-state index is 5.99. The fraction of sp³-hybridized carbons (Fsp3) is 0.267. The van der Waals surface area contributed by atoms with Crippen LogP contribution in [0.5, 0.6) is 11.5 Å². The molecule has 0 spiro atoms. The monoisotopic (exact) mass is 273 g/mol. The molecule has 1 aromatic carbocycles. The minimum atomic E-state index is 0.577. The summed E-state index contributed by atoms with van der Waals surface area (Å²) in [4.78, 5) is 4.24. The van der Waals surface area contributed by atoms with Crippen molar-refractivity contribution in [1.82, 2.24) is 4.98 Å². The lowest BCUT2D eigenvalue weighted by Gasteiger charge is -2.13. The highest BCUT2D eigenvalue weighted by molar-refractivity contribution is 5.65. The van der Waals surface area contributed by atoms with E-state index in [9.17, 15) is 0 Å². The zero-order chi connectivity index (χ0) is 14.5. The minimum Gasteiger partial charge on any atom is -0.497 e. The Kier molecular flexibility index (Phi) is 4.30. The third-order valence-electron chi connectivity index (χ3n) is 3.15. The van der Waals surface area contributed by atoms with Gasteiger partial charge >= 0.3 is 0 Å². The lowest BCUT2D eigenvalue weighted by atomic mass is 10.2. The van der Waals surface area contributed by atoms with Crippen molar-refractivity contribution < 1.29 is 9.47 Å². The molecule has 1 aromatic heterocycles. The Bertz CT molecular complexity index is 600. The molecule has 0 unspecified atom stereocenters. The quantitative estimate of drug-likeness (QED) is 0.876. The Morgan fingerprint density at radius 2 is 2.00 bits per heavy atom. The molecule has 0 amide bonds. The molecular weight excluding hydrogens is 254 g/mol. The molecule has 0 aliphatic heterocycles. The Balaban J connectivity index is 2.16. The van der Waals surface area contributed by atoms with Gasteiger partial charge in [-0.25, -0.2) is 4.98 Å². The predicted molar refractivity (Wildman–Crippen MR) is 80.3 cm³/mol. The van der Waals surface area contributed by atoms with E-state index >= 15 is 0 Å². The molecule has 0 atom stereocenters. The van der Waals surface area contributed by atoms with Gasteiger partial charge in [-0.3, -0.25) is 0 Å². The van der Waals surface area contributed by atoms with Gasteiger partial charge in [0.2, 0.25) is 0 Å². The molecule has 0 aliphatic carbocycles. The Morgan fingerprint density at radius 3 is 2.70 bits per heavy atom. The van der Waals surface area contributed by atoms with Crippen molar-refractivity contribution in [2.75, 3.05) is 25.3 Å². The van der Waals surface area contributed by atoms with Gasteiger partial charge in [0, 0.05) is 24.4 Å². The Hall–Kier alpha value is -2.43. The number of nitrogens with one attached hydrogen (secondary N) is 1. The van der Waals surface area contributed by atoms with Gasteiger partial charge in [0.15, 0.2) is 0 Å². The number of hydrogen-bond acceptors (Lipinski definition) is 5. The van der Waals surface area contributed by atoms with Crippen molar-refractivity contribution in [3.05, 3.63) is 41.6 Å². The Labute approximate surface area is 118 Å². The molecule has 0 saturated heterocycles. The second-order valence-electron chi connectivity index (χ2n) is 4.42. The van der Waals surface area contributed by atoms with Gasteiger partial charge in [0.1, 0.15) is 17.3 Å². The van der Waals surface area contributed by atoms with Crippen LogP contribution < -0.4 is 20.5 Å².